The van der Waals surface area contributed by atoms with E-state index in [9.17, 15) is 2.74 Å². The average molecular weight is 596 g/mol. The van der Waals surface area contributed by atoms with Gasteiger partial charge in [-0.2, -0.15) is 0 Å². The molecular weight excluding hydrogens is 553 g/mol. The molecule has 0 N–H and O–H groups in total. The van der Waals surface area contributed by atoms with Crippen molar-refractivity contribution in [2.24, 2.45) is 0 Å². The van der Waals surface area contributed by atoms with Gasteiger partial charge in [-0.1, -0.05) is 176 Å². The molecule has 0 saturated heterocycles. The summed E-state index contributed by atoms with van der Waals surface area (Å²) in [5.41, 5.74) is 3.67. The van der Waals surface area contributed by atoms with Gasteiger partial charge in [0.25, 0.3) is 0 Å². The highest BCUT2D eigenvalue weighted by atomic mass is 14.2. The molecule has 0 heteroatoms. The summed E-state index contributed by atoms with van der Waals surface area (Å²) in [6, 6.07) is 25.8. The second-order valence-electron chi connectivity index (χ2n) is 11.1. The van der Waals surface area contributed by atoms with Gasteiger partial charge in [-0.3, -0.25) is 0 Å². The van der Waals surface area contributed by atoms with E-state index in [1.165, 1.54) is 0 Å². The van der Waals surface area contributed by atoms with E-state index in [0.717, 1.165) is 43.8 Å². The van der Waals surface area contributed by atoms with E-state index >= 15 is 0 Å². The summed E-state index contributed by atoms with van der Waals surface area (Å²) in [6.07, 6.45) is 0. The zero-order valence-electron chi connectivity index (χ0n) is 37.3. The van der Waals surface area contributed by atoms with Crippen LogP contribution in [0.3, 0.4) is 0 Å². The van der Waals surface area contributed by atoms with Crippen molar-refractivity contribution in [1.82, 2.24) is 0 Å². The highest BCUT2D eigenvalue weighted by molar-refractivity contribution is 6.21. The molecule has 9 aromatic rings. The van der Waals surface area contributed by atoms with Crippen LogP contribution < -0.4 is 0 Å². The van der Waals surface area contributed by atoms with Crippen LogP contribution in [0.5, 0.6) is 0 Å². The summed E-state index contributed by atoms with van der Waals surface area (Å²) in [5.74, 6) is 0. The average Bonchev–Trinajstić information content (AvgIpc) is 3.26. The summed E-state index contributed by atoms with van der Waals surface area (Å²) >= 11 is 0. The van der Waals surface area contributed by atoms with Gasteiger partial charge in [-0.15, -0.1) is 0 Å². The highest BCUT2D eigenvalue weighted by Crippen LogP contribution is 2.44. The lowest BCUT2D eigenvalue weighted by atomic mass is 9.85. The van der Waals surface area contributed by atoms with Crippen molar-refractivity contribution in [3.05, 3.63) is 182 Å². The third-order valence-corrected chi connectivity index (χ3v) is 8.59. The minimum absolute atomic E-state index is 0.0920. The number of hydrogen-bond donors (Lipinski definition) is 0. The van der Waals surface area contributed by atoms with Crippen LogP contribution in [0.1, 0.15) is 17.8 Å². The summed E-state index contributed by atoms with van der Waals surface area (Å²) in [5, 5.41) is 3.61. The maximum absolute atomic E-state index is 9.21. The lowest BCUT2D eigenvalue weighted by molar-refractivity contribution is 1.63. The molecule has 0 bridgehead atoms. The highest BCUT2D eigenvalue weighted by Gasteiger charge is 2.16. The van der Waals surface area contributed by atoms with Crippen LogP contribution in [-0.4, -0.2) is 0 Å². The van der Waals surface area contributed by atoms with E-state index in [-0.39, 0.29) is 32.7 Å². The second kappa shape index (κ2) is 10.9. The Labute approximate surface area is 287 Å². The molecular formula is C46H30. The maximum Gasteiger partial charge on any atom is 0.0629 e. The van der Waals surface area contributed by atoms with Crippen molar-refractivity contribution in [2.45, 2.75) is 0 Å². The molecule has 0 heterocycles. The predicted octanol–water partition coefficient (Wildman–Crippen LogP) is 13.0. The molecule has 0 fully saturated rings. The molecule has 0 aromatic heterocycles. The van der Waals surface area contributed by atoms with Crippen molar-refractivity contribution < 1.29 is 17.8 Å². The molecule has 0 radical (unpaired) electrons. The number of hydrogen-bond acceptors (Lipinski definition) is 0. The summed E-state index contributed by atoms with van der Waals surface area (Å²) in [6.45, 7) is 0. The molecule has 0 spiro atoms. The summed E-state index contributed by atoms with van der Waals surface area (Å²) in [4.78, 5) is 0. The van der Waals surface area contributed by atoms with Gasteiger partial charge in [0.1, 0.15) is 0 Å². The number of rotatable bonds is 4. The van der Waals surface area contributed by atoms with Gasteiger partial charge in [-0.25, -0.2) is 0 Å². The molecule has 0 aliphatic heterocycles. The van der Waals surface area contributed by atoms with Crippen LogP contribution in [-0.2, 0) is 0 Å². The third kappa shape index (κ3) is 4.30. The molecule has 0 aliphatic rings. The molecule has 9 rings (SSSR count). The van der Waals surface area contributed by atoms with Crippen LogP contribution in [0.25, 0.3) is 87.6 Å². The molecule has 214 valence electrons. The summed E-state index contributed by atoms with van der Waals surface area (Å²) in [7, 11) is 0. The van der Waals surface area contributed by atoms with Crippen molar-refractivity contribution in [3.8, 4) is 44.5 Å². The SMILES string of the molecule is [2H]c1c([2H])c([2H])c(-c2c3c([2H])c([2H])c([2H])c([2H])c3c(-c3ccc(-c4cccc5cc(-c6cccc7ccccc67)ccc45)cc3)c3c([2H])c([2H])c([2H])c([2H])c23)c([2H])c1[2H]. The smallest absolute Gasteiger partial charge is 0.0622 e. The molecule has 0 saturated carbocycles. The van der Waals surface area contributed by atoms with Crippen LogP contribution in [0.2, 0.25) is 0 Å². The van der Waals surface area contributed by atoms with Gasteiger partial charge in [0, 0.05) is 0 Å². The van der Waals surface area contributed by atoms with Crippen LogP contribution in [0.4, 0.5) is 0 Å². The first-order chi connectivity index (χ1) is 28.2. The van der Waals surface area contributed by atoms with Crippen LogP contribution in [0.15, 0.2) is 182 Å². The molecule has 9 aromatic carbocycles. The Morgan fingerprint density at radius 1 is 0.304 bits per heavy atom. The normalized spacial score (nSPS) is 15.4. The van der Waals surface area contributed by atoms with Crippen LogP contribution in [0, 0.1) is 0 Å². The molecule has 0 aliphatic carbocycles. The molecule has 0 atom stereocenters. The zero-order chi connectivity index (χ0) is 41.8. The Morgan fingerprint density at radius 3 is 1.46 bits per heavy atom. The lowest BCUT2D eigenvalue weighted by Gasteiger charge is -2.18. The van der Waals surface area contributed by atoms with E-state index in [4.69, 9.17) is 15.1 Å². The Balaban J connectivity index is 1.32. The topological polar surface area (TPSA) is 0 Å². The van der Waals surface area contributed by atoms with E-state index in [1.807, 2.05) is 42.5 Å². The van der Waals surface area contributed by atoms with E-state index in [0.29, 0.717) is 5.56 Å². The number of fused-ring (bicyclic) bond motifs is 4. The molecule has 0 nitrogen and oxygen atoms in total. The standard InChI is InChI=1S/C46H30/c1-2-13-33(14-3-1)45-41-18-6-8-20-43(41)46(44-21-9-7-19-42(44)45)34-26-24-32(25-27-34)38-22-11-16-35-30-36(28-29-40(35)38)39-23-10-15-31-12-4-5-17-37(31)39/h1-30H/i1D,2D,3D,6D,7D,8D,9D,13D,14D,18D,19D,20D,21D. The predicted molar refractivity (Wildman–Crippen MR) is 198 cm³/mol. The maximum atomic E-state index is 9.21. The lowest BCUT2D eigenvalue weighted by Crippen LogP contribution is -1.91. The fourth-order valence-corrected chi connectivity index (χ4v) is 6.54. The van der Waals surface area contributed by atoms with Crippen LogP contribution >= 0.6 is 0 Å². The van der Waals surface area contributed by atoms with E-state index in [2.05, 4.69) is 48.5 Å². The zero-order valence-corrected chi connectivity index (χ0v) is 24.3. The van der Waals surface area contributed by atoms with Gasteiger partial charge in [0.15, 0.2) is 0 Å². The third-order valence-electron chi connectivity index (χ3n) is 8.59. The fraction of sp³-hybridized carbons (Fsp3) is 0. The minimum atomic E-state index is -0.707. The Hall–Kier alpha value is -5.98. The van der Waals surface area contributed by atoms with Crippen molar-refractivity contribution >= 4 is 43.1 Å². The monoisotopic (exact) mass is 595 g/mol. The van der Waals surface area contributed by atoms with Crippen molar-refractivity contribution in [1.29, 1.82) is 0 Å². The minimum Gasteiger partial charge on any atom is -0.0622 e. The van der Waals surface area contributed by atoms with Gasteiger partial charge < -0.3 is 0 Å². The van der Waals surface area contributed by atoms with Crippen molar-refractivity contribution in [2.75, 3.05) is 0 Å². The van der Waals surface area contributed by atoms with Gasteiger partial charge >= 0.3 is 0 Å². The Kier molecular flexibility index (Phi) is 3.87. The Bertz CT molecular complexity index is 3190. The fourth-order valence-electron chi connectivity index (χ4n) is 6.54. The van der Waals surface area contributed by atoms with E-state index in [1.54, 1.807) is 12.1 Å². The molecule has 0 amide bonds. The quantitative estimate of drug-likeness (QED) is 0.178. The second-order valence-corrected chi connectivity index (χ2v) is 11.1. The van der Waals surface area contributed by atoms with Gasteiger partial charge in [0.2, 0.25) is 0 Å². The van der Waals surface area contributed by atoms with E-state index < -0.39 is 84.1 Å². The summed E-state index contributed by atoms with van der Waals surface area (Å²) < 4.78 is 114. The molecule has 46 heavy (non-hydrogen) atoms. The van der Waals surface area contributed by atoms with Gasteiger partial charge in [0.05, 0.1) is 17.8 Å². The first-order valence-corrected chi connectivity index (χ1v) is 14.9. The van der Waals surface area contributed by atoms with Crippen molar-refractivity contribution in [3.63, 3.8) is 0 Å². The van der Waals surface area contributed by atoms with Gasteiger partial charge in [-0.05, 0) is 93.7 Å². The molecule has 0 unspecified atom stereocenters. The Morgan fingerprint density at radius 2 is 0.783 bits per heavy atom. The first kappa shape index (κ1) is 16.4. The largest absolute Gasteiger partial charge is 0.0629 e. The first-order valence-electron chi connectivity index (χ1n) is 21.4. The number of benzene rings is 9.